The van der Waals surface area contributed by atoms with Gasteiger partial charge in [-0.25, -0.2) is 19.3 Å². The number of aromatic amines is 1. The largest absolute Gasteiger partial charge is 0.262 e. The van der Waals surface area contributed by atoms with Crippen molar-refractivity contribution in [2.75, 3.05) is 0 Å². The van der Waals surface area contributed by atoms with Crippen LogP contribution in [0.2, 0.25) is 5.28 Å². The van der Waals surface area contributed by atoms with Gasteiger partial charge in [0.25, 0.3) is 0 Å². The van der Waals surface area contributed by atoms with Crippen molar-refractivity contribution in [3.05, 3.63) is 23.1 Å². The number of aromatic nitrogens is 5. The Morgan fingerprint density at radius 3 is 2.93 bits per heavy atom. The average Bonchev–Trinajstić information content (AvgIpc) is 2.58. The highest BCUT2D eigenvalue weighted by Gasteiger charge is 2.10. The van der Waals surface area contributed by atoms with Gasteiger partial charge in [-0.2, -0.15) is 0 Å². The van der Waals surface area contributed by atoms with Gasteiger partial charge in [-0.15, -0.1) is 5.10 Å². The third-order valence-electron chi connectivity index (χ3n) is 1.45. The summed E-state index contributed by atoms with van der Waals surface area (Å²) in [6.45, 7) is 1.75. The molecule has 0 bridgehead atoms. The fourth-order valence-corrected chi connectivity index (χ4v) is 1.77. The van der Waals surface area contributed by atoms with E-state index in [9.17, 15) is 4.39 Å². The molecule has 0 atom stereocenters. The van der Waals surface area contributed by atoms with Gasteiger partial charge in [-0.05, 0) is 30.3 Å². The number of hydrogen-bond acceptors (Lipinski definition) is 5. The number of aryl methyl sites for hydroxylation is 1. The Kier molecular flexibility index (Phi) is 2.83. The van der Waals surface area contributed by atoms with E-state index in [0.717, 1.165) is 18.0 Å². The topological polar surface area (TPSA) is 67.3 Å². The van der Waals surface area contributed by atoms with Crippen LogP contribution in [0, 0.1) is 12.7 Å². The maximum atomic E-state index is 13.2. The molecule has 0 fully saturated rings. The van der Waals surface area contributed by atoms with E-state index in [1.54, 1.807) is 6.92 Å². The first-order valence-electron chi connectivity index (χ1n) is 3.90. The van der Waals surface area contributed by atoms with E-state index < -0.39 is 5.82 Å². The lowest BCUT2D eigenvalue weighted by molar-refractivity contribution is 0.578. The van der Waals surface area contributed by atoms with Crippen molar-refractivity contribution >= 4 is 23.4 Å². The van der Waals surface area contributed by atoms with Gasteiger partial charge in [0.15, 0.2) is 5.82 Å². The standard InChI is InChI=1S/C7H5ClFN5S/c1-3-11-7(14-13-3)15-5-4(9)2-10-6(8)12-5/h2H,1H3,(H,11,13,14). The van der Waals surface area contributed by atoms with Gasteiger partial charge in [0.05, 0.1) is 6.20 Å². The van der Waals surface area contributed by atoms with Crippen LogP contribution >= 0.6 is 23.4 Å². The summed E-state index contributed by atoms with van der Waals surface area (Å²) in [5.41, 5.74) is 0. The Balaban J connectivity index is 2.27. The Morgan fingerprint density at radius 1 is 1.47 bits per heavy atom. The SMILES string of the molecule is Cc1nc(Sc2nc(Cl)ncc2F)n[nH]1. The number of rotatable bonds is 2. The van der Waals surface area contributed by atoms with Crippen LogP contribution in [0.1, 0.15) is 5.82 Å². The van der Waals surface area contributed by atoms with Crippen molar-refractivity contribution in [3.8, 4) is 0 Å². The van der Waals surface area contributed by atoms with Crippen molar-refractivity contribution in [2.45, 2.75) is 17.1 Å². The van der Waals surface area contributed by atoms with E-state index in [-0.39, 0.29) is 10.3 Å². The molecule has 0 saturated carbocycles. The fourth-order valence-electron chi connectivity index (χ4n) is 0.857. The molecule has 0 aromatic carbocycles. The van der Waals surface area contributed by atoms with E-state index >= 15 is 0 Å². The smallest absolute Gasteiger partial charge is 0.223 e. The average molecular weight is 246 g/mol. The molecular formula is C7H5ClFN5S. The first-order valence-corrected chi connectivity index (χ1v) is 5.09. The lowest BCUT2D eigenvalue weighted by atomic mass is 10.6. The quantitative estimate of drug-likeness (QED) is 0.646. The first kappa shape index (κ1) is 10.3. The third-order valence-corrected chi connectivity index (χ3v) is 2.47. The normalized spacial score (nSPS) is 10.6. The molecule has 2 rings (SSSR count). The summed E-state index contributed by atoms with van der Waals surface area (Å²) in [5, 5.41) is 6.97. The third kappa shape index (κ3) is 2.42. The van der Waals surface area contributed by atoms with Crippen molar-refractivity contribution in [1.82, 2.24) is 25.1 Å². The van der Waals surface area contributed by atoms with Crippen LogP contribution in [0.25, 0.3) is 0 Å². The van der Waals surface area contributed by atoms with Gasteiger partial charge in [0.2, 0.25) is 10.4 Å². The minimum atomic E-state index is -0.549. The summed E-state index contributed by atoms with van der Waals surface area (Å²) in [6, 6.07) is 0. The molecule has 15 heavy (non-hydrogen) atoms. The second-order valence-electron chi connectivity index (χ2n) is 2.60. The molecule has 0 radical (unpaired) electrons. The van der Waals surface area contributed by atoms with Gasteiger partial charge >= 0.3 is 0 Å². The van der Waals surface area contributed by atoms with E-state index in [2.05, 4.69) is 25.1 Å². The number of H-pyrrole nitrogens is 1. The van der Waals surface area contributed by atoms with E-state index in [1.165, 1.54) is 0 Å². The minimum Gasteiger partial charge on any atom is -0.262 e. The first-order chi connectivity index (χ1) is 7.15. The second-order valence-corrected chi connectivity index (χ2v) is 3.89. The molecule has 2 heterocycles. The molecule has 0 saturated heterocycles. The Hall–Kier alpha value is -1.21. The molecule has 0 aliphatic rings. The summed E-state index contributed by atoms with van der Waals surface area (Å²) in [4.78, 5) is 11.2. The molecule has 78 valence electrons. The second kappa shape index (κ2) is 4.11. The maximum absolute atomic E-state index is 13.2. The van der Waals surface area contributed by atoms with E-state index in [4.69, 9.17) is 11.6 Å². The lowest BCUT2D eigenvalue weighted by Crippen LogP contribution is -1.91. The van der Waals surface area contributed by atoms with Crippen LogP contribution in [-0.4, -0.2) is 25.1 Å². The molecule has 5 nitrogen and oxygen atoms in total. The molecule has 2 aromatic rings. The highest BCUT2D eigenvalue weighted by molar-refractivity contribution is 7.99. The molecule has 0 aliphatic heterocycles. The number of nitrogens with one attached hydrogen (secondary N) is 1. The molecule has 0 spiro atoms. The maximum Gasteiger partial charge on any atom is 0.223 e. The van der Waals surface area contributed by atoms with Crippen molar-refractivity contribution in [2.24, 2.45) is 0 Å². The Labute approximate surface area is 93.5 Å². The van der Waals surface area contributed by atoms with E-state index in [0.29, 0.717) is 11.0 Å². The van der Waals surface area contributed by atoms with Crippen LogP contribution in [0.15, 0.2) is 16.4 Å². The fraction of sp³-hybridized carbons (Fsp3) is 0.143. The molecule has 1 N–H and O–H groups in total. The summed E-state index contributed by atoms with van der Waals surface area (Å²) >= 11 is 6.52. The monoisotopic (exact) mass is 245 g/mol. The lowest BCUT2D eigenvalue weighted by Gasteiger charge is -1.97. The minimum absolute atomic E-state index is 0.00819. The molecule has 0 unspecified atom stereocenters. The van der Waals surface area contributed by atoms with Gasteiger partial charge in [-0.1, -0.05) is 0 Å². The zero-order valence-electron chi connectivity index (χ0n) is 7.53. The predicted molar refractivity (Wildman–Crippen MR) is 52.2 cm³/mol. The molecular weight excluding hydrogens is 241 g/mol. The van der Waals surface area contributed by atoms with Crippen LogP contribution in [0.5, 0.6) is 0 Å². The summed E-state index contributed by atoms with van der Waals surface area (Å²) in [6.07, 6.45) is 1.01. The number of nitrogens with zero attached hydrogens (tertiary/aromatic N) is 4. The predicted octanol–water partition coefficient (Wildman–Crippen LogP) is 1.85. The van der Waals surface area contributed by atoms with Gasteiger partial charge < -0.3 is 0 Å². The molecule has 2 aromatic heterocycles. The summed E-state index contributed by atoms with van der Waals surface area (Å²) in [5.74, 6) is 0.102. The zero-order valence-corrected chi connectivity index (χ0v) is 9.10. The number of hydrogen-bond donors (Lipinski definition) is 1. The highest BCUT2D eigenvalue weighted by atomic mass is 35.5. The summed E-state index contributed by atoms with van der Waals surface area (Å²) in [7, 11) is 0. The van der Waals surface area contributed by atoms with Gasteiger partial charge in [0, 0.05) is 0 Å². The number of halogens is 2. The molecule has 8 heteroatoms. The molecule has 0 amide bonds. The van der Waals surface area contributed by atoms with E-state index in [1.807, 2.05) is 0 Å². The van der Waals surface area contributed by atoms with Crippen LogP contribution in [0.4, 0.5) is 4.39 Å². The van der Waals surface area contributed by atoms with Crippen molar-refractivity contribution < 1.29 is 4.39 Å². The zero-order chi connectivity index (χ0) is 10.8. The van der Waals surface area contributed by atoms with Crippen LogP contribution in [0.3, 0.4) is 0 Å². The van der Waals surface area contributed by atoms with Crippen LogP contribution in [-0.2, 0) is 0 Å². The Bertz CT molecular complexity index is 488. The Morgan fingerprint density at radius 2 is 2.27 bits per heavy atom. The van der Waals surface area contributed by atoms with Crippen LogP contribution < -0.4 is 0 Å². The van der Waals surface area contributed by atoms with Crippen molar-refractivity contribution in [1.29, 1.82) is 0 Å². The van der Waals surface area contributed by atoms with Gasteiger partial charge in [0.1, 0.15) is 10.9 Å². The molecule has 0 aliphatic carbocycles. The summed E-state index contributed by atoms with van der Waals surface area (Å²) < 4.78 is 13.2. The van der Waals surface area contributed by atoms with Gasteiger partial charge in [-0.3, -0.25) is 5.10 Å². The van der Waals surface area contributed by atoms with Crippen molar-refractivity contribution in [3.63, 3.8) is 0 Å². The highest BCUT2D eigenvalue weighted by Crippen LogP contribution is 2.25.